The minimum Gasteiger partial charge on any atom is -0.490 e. The topological polar surface area (TPSA) is 62.6 Å². The molecule has 0 saturated carbocycles. The smallest absolute Gasteiger partial charge is 0.410 e. The summed E-state index contributed by atoms with van der Waals surface area (Å²) in [5, 5.41) is 9.04. The van der Waals surface area contributed by atoms with E-state index in [0.717, 1.165) is 22.9 Å². The molecule has 5 nitrogen and oxygen atoms in total. The normalized spacial score (nSPS) is 14.5. The highest BCUT2D eigenvalue weighted by Gasteiger charge is 2.25. The molecule has 1 saturated heterocycles. The molecule has 0 unspecified atom stereocenters. The van der Waals surface area contributed by atoms with Gasteiger partial charge >= 0.3 is 6.09 Å². The van der Waals surface area contributed by atoms with E-state index in [4.69, 9.17) is 14.7 Å². The molecule has 6 heteroatoms. The zero-order chi connectivity index (χ0) is 18.4. The SMILES string of the molecule is N#Cc1cc(Br)cc(OC2CCN(C(=O)OCc3ccccc3)CC2)c1. The minimum absolute atomic E-state index is 0.0222. The second kappa shape index (κ2) is 8.72. The van der Waals surface area contributed by atoms with Gasteiger partial charge in [0.05, 0.1) is 11.6 Å². The van der Waals surface area contributed by atoms with Gasteiger partial charge in [-0.3, -0.25) is 0 Å². The summed E-state index contributed by atoms with van der Waals surface area (Å²) in [7, 11) is 0. The Morgan fingerprint density at radius 3 is 2.62 bits per heavy atom. The zero-order valence-electron chi connectivity index (χ0n) is 14.2. The average Bonchev–Trinajstić information content (AvgIpc) is 2.67. The fraction of sp³-hybridized carbons (Fsp3) is 0.300. The molecular formula is C20H19BrN2O3. The lowest BCUT2D eigenvalue weighted by Crippen LogP contribution is -2.42. The lowest BCUT2D eigenvalue weighted by atomic mass is 10.1. The van der Waals surface area contributed by atoms with Crippen molar-refractivity contribution in [2.75, 3.05) is 13.1 Å². The Morgan fingerprint density at radius 1 is 1.19 bits per heavy atom. The van der Waals surface area contributed by atoms with Gasteiger partial charge in [0.2, 0.25) is 0 Å². The van der Waals surface area contributed by atoms with Crippen LogP contribution in [0.2, 0.25) is 0 Å². The third-order valence-electron chi connectivity index (χ3n) is 4.21. The number of carbonyl (C=O) groups is 1. The van der Waals surface area contributed by atoms with Crippen molar-refractivity contribution in [3.8, 4) is 11.8 Å². The maximum Gasteiger partial charge on any atom is 0.410 e. The molecule has 2 aromatic carbocycles. The first-order valence-electron chi connectivity index (χ1n) is 8.47. The van der Waals surface area contributed by atoms with Crippen molar-refractivity contribution >= 4 is 22.0 Å². The van der Waals surface area contributed by atoms with Crippen molar-refractivity contribution in [2.45, 2.75) is 25.6 Å². The second-order valence-electron chi connectivity index (χ2n) is 6.13. The Morgan fingerprint density at radius 2 is 1.92 bits per heavy atom. The Bertz CT molecular complexity index is 796. The van der Waals surface area contributed by atoms with E-state index in [1.165, 1.54) is 0 Å². The number of ether oxygens (including phenoxy) is 2. The lowest BCUT2D eigenvalue weighted by Gasteiger charge is -2.31. The third-order valence-corrected chi connectivity index (χ3v) is 4.67. The van der Waals surface area contributed by atoms with Gasteiger partial charge in [-0.15, -0.1) is 0 Å². The Labute approximate surface area is 161 Å². The van der Waals surface area contributed by atoms with E-state index in [0.29, 0.717) is 24.4 Å². The summed E-state index contributed by atoms with van der Waals surface area (Å²) in [5.41, 5.74) is 1.53. The van der Waals surface area contributed by atoms with Crippen LogP contribution in [0.4, 0.5) is 4.79 Å². The molecule has 0 bridgehead atoms. The number of hydrogen-bond acceptors (Lipinski definition) is 4. The monoisotopic (exact) mass is 414 g/mol. The number of nitrogens with zero attached hydrogens (tertiary/aromatic N) is 2. The molecule has 134 valence electrons. The van der Waals surface area contributed by atoms with Crippen molar-refractivity contribution < 1.29 is 14.3 Å². The van der Waals surface area contributed by atoms with Gasteiger partial charge in [0.15, 0.2) is 0 Å². The molecule has 0 N–H and O–H groups in total. The number of carbonyl (C=O) groups excluding carboxylic acids is 1. The molecular weight excluding hydrogens is 396 g/mol. The number of rotatable bonds is 4. The quantitative estimate of drug-likeness (QED) is 0.738. The Kier molecular flexibility index (Phi) is 6.13. The summed E-state index contributed by atoms with van der Waals surface area (Å²) in [6.07, 6.45) is 1.19. The summed E-state index contributed by atoms with van der Waals surface area (Å²) in [6, 6.07) is 17.1. The standard InChI is InChI=1S/C20H19BrN2O3/c21-17-10-16(13-22)11-19(12-17)26-18-6-8-23(9-7-18)20(24)25-14-15-4-2-1-3-5-15/h1-5,10-12,18H,6-9,14H2. The van der Waals surface area contributed by atoms with Crippen LogP contribution >= 0.6 is 15.9 Å². The van der Waals surface area contributed by atoms with Gasteiger partial charge in [-0.25, -0.2) is 4.79 Å². The van der Waals surface area contributed by atoms with Crippen LogP contribution in [-0.2, 0) is 11.3 Å². The van der Waals surface area contributed by atoms with Crippen molar-refractivity contribution in [2.24, 2.45) is 0 Å². The molecule has 0 radical (unpaired) electrons. The molecule has 26 heavy (non-hydrogen) atoms. The first-order chi connectivity index (χ1) is 12.6. The maximum atomic E-state index is 12.2. The zero-order valence-corrected chi connectivity index (χ0v) is 15.8. The fourth-order valence-electron chi connectivity index (χ4n) is 2.85. The van der Waals surface area contributed by atoms with Crippen LogP contribution < -0.4 is 4.74 Å². The predicted molar refractivity (Wildman–Crippen MR) is 101 cm³/mol. The molecule has 1 amide bonds. The largest absolute Gasteiger partial charge is 0.490 e. The second-order valence-corrected chi connectivity index (χ2v) is 7.05. The van der Waals surface area contributed by atoms with E-state index >= 15 is 0 Å². The van der Waals surface area contributed by atoms with Crippen molar-refractivity contribution in [3.63, 3.8) is 0 Å². The molecule has 1 fully saturated rings. The lowest BCUT2D eigenvalue weighted by molar-refractivity contribution is 0.0638. The van der Waals surface area contributed by atoms with Crippen LogP contribution in [0.1, 0.15) is 24.0 Å². The number of likely N-dealkylation sites (tertiary alicyclic amines) is 1. The van der Waals surface area contributed by atoms with Crippen LogP contribution in [-0.4, -0.2) is 30.2 Å². The van der Waals surface area contributed by atoms with Gasteiger partial charge in [0.25, 0.3) is 0 Å². The van der Waals surface area contributed by atoms with Crippen LogP contribution in [0, 0.1) is 11.3 Å². The van der Waals surface area contributed by atoms with Crippen molar-refractivity contribution in [3.05, 3.63) is 64.1 Å². The molecule has 0 atom stereocenters. The van der Waals surface area contributed by atoms with E-state index in [9.17, 15) is 4.79 Å². The number of hydrogen-bond donors (Lipinski definition) is 0. The van der Waals surface area contributed by atoms with E-state index in [1.54, 1.807) is 17.0 Å². The number of piperidine rings is 1. The highest BCUT2D eigenvalue weighted by Crippen LogP contribution is 2.24. The molecule has 0 aromatic heterocycles. The van der Waals surface area contributed by atoms with Gasteiger partial charge in [-0.05, 0) is 23.8 Å². The minimum atomic E-state index is -0.290. The van der Waals surface area contributed by atoms with E-state index in [2.05, 4.69) is 22.0 Å². The summed E-state index contributed by atoms with van der Waals surface area (Å²) >= 11 is 3.38. The van der Waals surface area contributed by atoms with Crippen LogP contribution in [0.5, 0.6) is 5.75 Å². The van der Waals surface area contributed by atoms with Gasteiger partial charge in [-0.2, -0.15) is 5.26 Å². The van der Waals surface area contributed by atoms with E-state index in [-0.39, 0.29) is 18.8 Å². The highest BCUT2D eigenvalue weighted by atomic mass is 79.9. The highest BCUT2D eigenvalue weighted by molar-refractivity contribution is 9.10. The number of halogens is 1. The molecule has 0 spiro atoms. The fourth-order valence-corrected chi connectivity index (χ4v) is 3.33. The van der Waals surface area contributed by atoms with E-state index < -0.39 is 0 Å². The van der Waals surface area contributed by atoms with Gasteiger partial charge in [-0.1, -0.05) is 46.3 Å². The van der Waals surface area contributed by atoms with Gasteiger partial charge in [0.1, 0.15) is 18.5 Å². The first kappa shape index (κ1) is 18.3. The van der Waals surface area contributed by atoms with Crippen LogP contribution in [0.3, 0.4) is 0 Å². The first-order valence-corrected chi connectivity index (χ1v) is 9.26. The number of amides is 1. The summed E-state index contributed by atoms with van der Waals surface area (Å²) in [5.74, 6) is 0.668. The summed E-state index contributed by atoms with van der Waals surface area (Å²) in [6.45, 7) is 1.47. The molecule has 1 aliphatic rings. The van der Waals surface area contributed by atoms with E-state index in [1.807, 2.05) is 36.4 Å². The molecule has 1 heterocycles. The molecule has 1 aliphatic heterocycles. The van der Waals surface area contributed by atoms with Crippen LogP contribution in [0.25, 0.3) is 0 Å². The van der Waals surface area contributed by atoms with Gasteiger partial charge < -0.3 is 14.4 Å². The molecule has 0 aliphatic carbocycles. The summed E-state index contributed by atoms with van der Waals surface area (Å²) < 4.78 is 12.2. The molecule has 3 rings (SSSR count). The average molecular weight is 415 g/mol. The van der Waals surface area contributed by atoms with Crippen molar-refractivity contribution in [1.29, 1.82) is 5.26 Å². The third kappa shape index (κ3) is 4.99. The molecule has 2 aromatic rings. The van der Waals surface area contributed by atoms with Crippen LogP contribution in [0.15, 0.2) is 53.0 Å². The van der Waals surface area contributed by atoms with Gasteiger partial charge in [0, 0.05) is 30.4 Å². The predicted octanol–water partition coefficient (Wildman–Crippen LogP) is 4.50. The van der Waals surface area contributed by atoms with Crippen molar-refractivity contribution in [1.82, 2.24) is 4.90 Å². The maximum absolute atomic E-state index is 12.2. The number of benzene rings is 2. The Balaban J connectivity index is 1.47. The summed E-state index contributed by atoms with van der Waals surface area (Å²) in [4.78, 5) is 13.9. The Hall–Kier alpha value is -2.52. The number of nitriles is 1.